The summed E-state index contributed by atoms with van der Waals surface area (Å²) in [6.45, 7) is 4.41. The van der Waals surface area contributed by atoms with Gasteiger partial charge in [0.1, 0.15) is 13.4 Å². The Morgan fingerprint density at radius 1 is 1.07 bits per heavy atom. The van der Waals surface area contributed by atoms with Crippen molar-refractivity contribution in [1.82, 2.24) is 29.3 Å². The molecule has 0 amide bonds. The van der Waals surface area contributed by atoms with Crippen molar-refractivity contribution in [2.45, 2.75) is 70.9 Å². The third-order valence-electron chi connectivity index (χ3n) is 8.37. The van der Waals surface area contributed by atoms with Gasteiger partial charge in [-0.2, -0.15) is 10.1 Å². The smallest absolute Gasteiger partial charge is 0.399 e. The lowest BCUT2D eigenvalue weighted by Gasteiger charge is -2.30. The highest BCUT2D eigenvalue weighted by Gasteiger charge is 2.28. The molecule has 0 bridgehead atoms. The molecule has 2 aromatic carbocycles. The summed E-state index contributed by atoms with van der Waals surface area (Å²) in [5.74, 6) is 0.371. The van der Waals surface area contributed by atoms with Gasteiger partial charge in [0.25, 0.3) is 5.56 Å². The number of aromatic nitrogens is 6. The molecule has 0 radical (unpaired) electrons. The van der Waals surface area contributed by atoms with Crippen molar-refractivity contribution >= 4 is 11.5 Å². The van der Waals surface area contributed by atoms with Crippen molar-refractivity contribution in [3.05, 3.63) is 92.6 Å². The van der Waals surface area contributed by atoms with Crippen molar-refractivity contribution < 1.29 is 14.1 Å². The normalized spacial score (nSPS) is 17.2. The molecule has 12 nitrogen and oxygen atoms in total. The number of ether oxygens (including phenoxy) is 1. The van der Waals surface area contributed by atoms with Crippen molar-refractivity contribution in [3.63, 3.8) is 0 Å². The zero-order valence-electron chi connectivity index (χ0n) is 25.7. The number of oxime groups is 1. The molecule has 0 spiro atoms. The molecule has 1 saturated carbocycles. The average Bonchev–Trinajstić information content (AvgIpc) is 3.72. The van der Waals surface area contributed by atoms with Gasteiger partial charge < -0.3 is 9.57 Å². The first-order valence-electron chi connectivity index (χ1n) is 15.4. The Morgan fingerprint density at radius 2 is 1.82 bits per heavy atom. The Labute approximate surface area is 259 Å². The number of hydrogen-bond acceptors (Lipinski definition) is 9. The molecule has 12 heteroatoms. The topological polar surface area (TPSA) is 142 Å². The van der Waals surface area contributed by atoms with E-state index in [-0.39, 0.29) is 17.7 Å². The predicted octanol–water partition coefficient (Wildman–Crippen LogP) is 4.97. The second-order valence-corrected chi connectivity index (χ2v) is 11.4. The highest BCUT2D eigenvalue weighted by molar-refractivity contribution is 5.82. The summed E-state index contributed by atoms with van der Waals surface area (Å²) in [6, 6.07) is 15.8. The van der Waals surface area contributed by atoms with Crippen LogP contribution in [0.1, 0.15) is 68.8 Å². The molecule has 1 N–H and O–H groups in total. The Balaban J connectivity index is 1.28. The van der Waals surface area contributed by atoms with Gasteiger partial charge in [-0.25, -0.2) is 9.31 Å². The first-order valence-corrected chi connectivity index (χ1v) is 15.4. The summed E-state index contributed by atoms with van der Waals surface area (Å²) < 4.78 is 14.5. The van der Waals surface area contributed by atoms with Crippen molar-refractivity contribution in [2.75, 3.05) is 13.7 Å². The monoisotopic (exact) mass is 611 g/mol. The minimum absolute atomic E-state index is 0.00389. The standard InChI is InChI=1S/C33H37N7O5/c1-4-7-29-28(18-22-10-12-23(13-11-22)26-8-5-6-9-27(26)30-36-33(42)45-38-30)31(41)39(32-34-20-35-40(29)32)24-14-16-25(17-15-24)44-19-21(2)37-43-3/h5-6,8-13,20,24-25H,4,7,14-19H2,1-3H3,(H,36,38,42)/b37-21+/t24-,25-. The fourth-order valence-corrected chi connectivity index (χ4v) is 6.26. The van der Waals surface area contributed by atoms with Gasteiger partial charge in [0.2, 0.25) is 5.78 Å². The number of aromatic amines is 1. The molecule has 1 aliphatic carbocycles. The predicted molar refractivity (Wildman–Crippen MR) is 169 cm³/mol. The van der Waals surface area contributed by atoms with Crippen LogP contribution in [-0.2, 0) is 22.4 Å². The Kier molecular flexibility index (Phi) is 9.01. The molecule has 0 saturated heterocycles. The summed E-state index contributed by atoms with van der Waals surface area (Å²) in [6.07, 6.45) is 7.02. The van der Waals surface area contributed by atoms with Crippen LogP contribution in [-0.4, -0.2) is 54.8 Å². The molecule has 0 atom stereocenters. The van der Waals surface area contributed by atoms with Crippen LogP contribution in [0.15, 0.2) is 74.1 Å². The van der Waals surface area contributed by atoms with Crippen LogP contribution >= 0.6 is 0 Å². The fourth-order valence-electron chi connectivity index (χ4n) is 6.26. The third-order valence-corrected chi connectivity index (χ3v) is 8.37. The minimum atomic E-state index is -0.600. The molecule has 0 aliphatic heterocycles. The van der Waals surface area contributed by atoms with Gasteiger partial charge in [-0.15, -0.1) is 0 Å². The average molecular weight is 612 g/mol. The van der Waals surface area contributed by atoms with E-state index < -0.39 is 5.76 Å². The van der Waals surface area contributed by atoms with Crippen molar-refractivity contribution in [3.8, 4) is 22.5 Å². The van der Waals surface area contributed by atoms with Crippen LogP contribution in [0, 0.1) is 0 Å². The van der Waals surface area contributed by atoms with Crippen molar-refractivity contribution in [2.24, 2.45) is 5.16 Å². The van der Waals surface area contributed by atoms with E-state index in [1.165, 1.54) is 13.4 Å². The van der Waals surface area contributed by atoms with E-state index in [1.807, 2.05) is 64.5 Å². The van der Waals surface area contributed by atoms with Crippen LogP contribution in [0.3, 0.4) is 0 Å². The lowest BCUT2D eigenvalue weighted by molar-refractivity contribution is 0.0402. The summed E-state index contributed by atoms with van der Waals surface area (Å²) in [4.78, 5) is 37.9. The summed E-state index contributed by atoms with van der Waals surface area (Å²) >= 11 is 0. The maximum Gasteiger partial charge on any atom is 0.439 e. The molecule has 1 aliphatic rings. The van der Waals surface area contributed by atoms with E-state index in [0.29, 0.717) is 24.6 Å². The van der Waals surface area contributed by atoms with Crippen molar-refractivity contribution in [1.29, 1.82) is 0 Å². The number of nitrogens with zero attached hydrogens (tertiary/aromatic N) is 6. The molecular weight excluding hydrogens is 574 g/mol. The largest absolute Gasteiger partial charge is 0.439 e. The fraction of sp³-hybridized carbons (Fsp3) is 0.394. The Hall–Kier alpha value is -4.84. The summed E-state index contributed by atoms with van der Waals surface area (Å²) in [5.41, 5.74) is 6.08. The van der Waals surface area contributed by atoms with Gasteiger partial charge in [0.15, 0.2) is 5.82 Å². The number of benzene rings is 2. The van der Waals surface area contributed by atoms with Gasteiger partial charge in [-0.1, -0.05) is 72.2 Å². The lowest BCUT2D eigenvalue weighted by Crippen LogP contribution is -2.35. The minimum Gasteiger partial charge on any atom is -0.399 e. The van der Waals surface area contributed by atoms with E-state index in [0.717, 1.165) is 77.7 Å². The first-order chi connectivity index (χ1) is 22.0. The van der Waals surface area contributed by atoms with Crippen LogP contribution < -0.4 is 11.3 Å². The second kappa shape index (κ2) is 13.4. The Morgan fingerprint density at radius 3 is 2.51 bits per heavy atom. The maximum atomic E-state index is 14.3. The number of hydrogen-bond donors (Lipinski definition) is 1. The molecular formula is C33H37N7O5. The van der Waals surface area contributed by atoms with E-state index in [4.69, 9.17) is 14.1 Å². The van der Waals surface area contributed by atoms with E-state index in [9.17, 15) is 9.59 Å². The highest BCUT2D eigenvalue weighted by atomic mass is 16.6. The molecule has 1 fully saturated rings. The van der Waals surface area contributed by atoms with Gasteiger partial charge in [-0.3, -0.25) is 18.9 Å². The molecule has 3 heterocycles. The van der Waals surface area contributed by atoms with Crippen LogP contribution in [0.5, 0.6) is 0 Å². The zero-order valence-corrected chi connectivity index (χ0v) is 25.7. The summed E-state index contributed by atoms with van der Waals surface area (Å²) in [5, 5.41) is 12.4. The SMILES string of the molecule is CCCc1c(Cc2ccc(-c3ccccc3-c3noc(=O)[nH]3)cc2)c(=O)n([C@H]2CC[C@H](OC/C(C)=N/OC)CC2)c2ncnn12. The highest BCUT2D eigenvalue weighted by Crippen LogP contribution is 2.32. The van der Waals surface area contributed by atoms with Gasteiger partial charge in [0, 0.05) is 23.6 Å². The number of H-pyrrole nitrogens is 1. The first kappa shape index (κ1) is 30.2. The molecule has 3 aromatic heterocycles. The second-order valence-electron chi connectivity index (χ2n) is 11.4. The van der Waals surface area contributed by atoms with E-state index in [1.54, 1.807) is 0 Å². The molecule has 234 valence electrons. The maximum absolute atomic E-state index is 14.3. The number of fused-ring (bicyclic) bond motifs is 1. The molecule has 0 unspecified atom stereocenters. The van der Waals surface area contributed by atoms with E-state index >= 15 is 0 Å². The van der Waals surface area contributed by atoms with Crippen LogP contribution in [0.4, 0.5) is 0 Å². The van der Waals surface area contributed by atoms with E-state index in [2.05, 4.69) is 32.3 Å². The lowest BCUT2D eigenvalue weighted by atomic mass is 9.92. The number of aryl methyl sites for hydroxylation is 1. The van der Waals surface area contributed by atoms with Crippen LogP contribution in [0.25, 0.3) is 28.3 Å². The van der Waals surface area contributed by atoms with Gasteiger partial charge in [-0.05, 0) is 55.7 Å². The third kappa shape index (κ3) is 6.37. The van der Waals surface area contributed by atoms with Crippen LogP contribution in [0.2, 0.25) is 0 Å². The molecule has 45 heavy (non-hydrogen) atoms. The molecule has 5 aromatic rings. The quantitative estimate of drug-likeness (QED) is 0.163. The number of rotatable bonds is 11. The summed E-state index contributed by atoms with van der Waals surface area (Å²) in [7, 11) is 1.53. The van der Waals surface area contributed by atoms with Gasteiger partial charge >= 0.3 is 5.76 Å². The Bertz CT molecular complexity index is 1910. The zero-order chi connectivity index (χ0) is 31.3. The number of nitrogens with one attached hydrogen (secondary N) is 1. The van der Waals surface area contributed by atoms with Gasteiger partial charge in [0.05, 0.1) is 24.1 Å². The molecule has 6 rings (SSSR count).